The Hall–Kier alpha value is -2.35. The first-order chi connectivity index (χ1) is 12.4. The smallest absolute Gasteiger partial charge is 0.293 e. The van der Waals surface area contributed by atoms with Crippen LogP contribution < -0.4 is 0 Å². The minimum Gasteiger partial charge on any atom is -0.463 e. The zero-order chi connectivity index (χ0) is 19.0. The number of carbonyl (C=O) groups is 1. The first-order valence-electron chi connectivity index (χ1n) is 9.30. The maximum atomic E-state index is 10.2. The molecule has 0 unspecified atom stereocenters. The number of ether oxygens (including phenoxy) is 1. The molecule has 1 aromatic carbocycles. The molecule has 0 bridgehead atoms. The van der Waals surface area contributed by atoms with Gasteiger partial charge in [-0.2, -0.15) is 0 Å². The van der Waals surface area contributed by atoms with Gasteiger partial charge in [-0.1, -0.05) is 79.6 Å². The zero-order valence-electron chi connectivity index (χ0n) is 16.4. The number of hydrogen-bond acceptors (Lipinski definition) is 2. The van der Waals surface area contributed by atoms with Crippen LogP contribution in [-0.2, 0) is 16.1 Å². The summed E-state index contributed by atoms with van der Waals surface area (Å²) in [5.74, 6) is 0. The minimum absolute atomic E-state index is 0.282. The van der Waals surface area contributed by atoms with Crippen LogP contribution in [0.5, 0.6) is 0 Å². The number of allylic oxidation sites excluding steroid dienone is 7. The summed E-state index contributed by atoms with van der Waals surface area (Å²) in [5.41, 5.74) is 6.65. The number of hydrogen-bond donors (Lipinski definition) is 0. The van der Waals surface area contributed by atoms with Crippen LogP contribution in [0.2, 0.25) is 0 Å². The van der Waals surface area contributed by atoms with Gasteiger partial charge in [0, 0.05) is 0 Å². The molecule has 2 nitrogen and oxygen atoms in total. The molecule has 0 amide bonds. The Kier molecular flexibility index (Phi) is 7.20. The summed E-state index contributed by atoms with van der Waals surface area (Å²) in [6, 6.07) is 8.00. The highest BCUT2D eigenvalue weighted by atomic mass is 16.5. The first kappa shape index (κ1) is 20.0. The van der Waals surface area contributed by atoms with Crippen molar-refractivity contribution in [2.24, 2.45) is 5.41 Å². The molecule has 0 saturated heterocycles. The van der Waals surface area contributed by atoms with Crippen LogP contribution in [0, 0.1) is 5.41 Å². The lowest BCUT2D eigenvalue weighted by Gasteiger charge is -2.32. The first-order valence-corrected chi connectivity index (χ1v) is 9.30. The van der Waals surface area contributed by atoms with Gasteiger partial charge in [-0.15, -0.1) is 0 Å². The van der Waals surface area contributed by atoms with Crippen molar-refractivity contribution in [3.05, 3.63) is 76.4 Å². The Bertz CT molecular complexity index is 728. The highest BCUT2D eigenvalue weighted by molar-refractivity contribution is 5.52. The van der Waals surface area contributed by atoms with Crippen LogP contribution in [-0.4, -0.2) is 6.47 Å². The van der Waals surface area contributed by atoms with E-state index in [0.29, 0.717) is 13.1 Å². The molecule has 2 heteroatoms. The van der Waals surface area contributed by atoms with Gasteiger partial charge >= 0.3 is 0 Å². The molecule has 0 atom stereocenters. The molecule has 0 spiro atoms. The fourth-order valence-corrected chi connectivity index (χ4v) is 3.45. The lowest BCUT2D eigenvalue weighted by Crippen LogP contribution is -2.19. The van der Waals surface area contributed by atoms with Crippen molar-refractivity contribution >= 4 is 12.5 Å². The van der Waals surface area contributed by atoms with Crippen LogP contribution in [0.15, 0.2) is 65.3 Å². The fourth-order valence-electron chi connectivity index (χ4n) is 3.45. The van der Waals surface area contributed by atoms with Crippen LogP contribution >= 0.6 is 0 Å². The summed E-state index contributed by atoms with van der Waals surface area (Å²) in [6.45, 7) is 9.88. The van der Waals surface area contributed by atoms with E-state index in [9.17, 15) is 4.79 Å². The van der Waals surface area contributed by atoms with E-state index in [2.05, 4.69) is 58.1 Å². The third-order valence-corrected chi connectivity index (χ3v) is 5.00. The maximum absolute atomic E-state index is 10.2. The molecule has 0 saturated carbocycles. The van der Waals surface area contributed by atoms with Crippen LogP contribution in [0.25, 0.3) is 6.08 Å². The Morgan fingerprint density at radius 3 is 2.58 bits per heavy atom. The Labute approximate surface area is 158 Å². The molecule has 0 fully saturated rings. The quantitative estimate of drug-likeness (QED) is 0.420. The predicted octanol–water partition coefficient (Wildman–Crippen LogP) is 6.40. The summed E-state index contributed by atoms with van der Waals surface area (Å²) in [7, 11) is 0. The van der Waals surface area contributed by atoms with Crippen molar-refractivity contribution in [1.29, 1.82) is 0 Å². The molecule has 138 valence electrons. The van der Waals surface area contributed by atoms with Crippen molar-refractivity contribution in [2.75, 3.05) is 0 Å². The summed E-state index contributed by atoms with van der Waals surface area (Å²) in [5, 5.41) is 0. The molecule has 1 aliphatic rings. The summed E-state index contributed by atoms with van der Waals surface area (Å²) in [6.07, 6.45) is 14.6. The van der Waals surface area contributed by atoms with E-state index in [4.69, 9.17) is 4.74 Å². The van der Waals surface area contributed by atoms with E-state index in [1.165, 1.54) is 36.0 Å². The van der Waals surface area contributed by atoms with Gasteiger partial charge in [0.1, 0.15) is 6.61 Å². The van der Waals surface area contributed by atoms with Crippen molar-refractivity contribution in [3.8, 4) is 0 Å². The lowest BCUT2D eigenvalue weighted by atomic mass is 9.72. The molecule has 0 aliphatic heterocycles. The van der Waals surface area contributed by atoms with Gasteiger partial charge in [0.2, 0.25) is 0 Å². The third kappa shape index (κ3) is 5.87. The predicted molar refractivity (Wildman–Crippen MR) is 110 cm³/mol. The summed E-state index contributed by atoms with van der Waals surface area (Å²) < 4.78 is 4.75. The van der Waals surface area contributed by atoms with Gasteiger partial charge in [0.25, 0.3) is 6.47 Å². The van der Waals surface area contributed by atoms with E-state index >= 15 is 0 Å². The molecule has 1 aromatic rings. The van der Waals surface area contributed by atoms with Gasteiger partial charge in [-0.05, 0) is 55.2 Å². The second-order valence-electron chi connectivity index (χ2n) is 7.68. The molecule has 2 rings (SSSR count). The van der Waals surface area contributed by atoms with Crippen LogP contribution in [0.4, 0.5) is 0 Å². The summed E-state index contributed by atoms with van der Waals surface area (Å²) >= 11 is 0. The number of rotatable bonds is 7. The standard InChI is InChI=1S/C24H30O2/c1-19(10-15-23-20(2)8-6-16-24(23,3)4)7-5-9-21-11-13-22(14-12-21)17-26-18-25/h5,7,9-15,18H,6,8,16-17H2,1-4H3/b9-5+,15-10+,19-7+. The van der Waals surface area contributed by atoms with Crippen molar-refractivity contribution in [3.63, 3.8) is 0 Å². The maximum Gasteiger partial charge on any atom is 0.293 e. The number of benzene rings is 1. The van der Waals surface area contributed by atoms with E-state index in [-0.39, 0.29) is 5.41 Å². The highest BCUT2D eigenvalue weighted by Gasteiger charge is 2.26. The lowest BCUT2D eigenvalue weighted by molar-refractivity contribution is -0.129. The molecule has 0 N–H and O–H groups in total. The van der Waals surface area contributed by atoms with Crippen LogP contribution in [0.3, 0.4) is 0 Å². The van der Waals surface area contributed by atoms with Crippen LogP contribution in [0.1, 0.15) is 58.1 Å². The average molecular weight is 351 g/mol. The molecule has 1 aliphatic carbocycles. The van der Waals surface area contributed by atoms with Gasteiger partial charge in [0.15, 0.2) is 0 Å². The van der Waals surface area contributed by atoms with Crippen molar-refractivity contribution in [1.82, 2.24) is 0 Å². The second kappa shape index (κ2) is 9.38. The topological polar surface area (TPSA) is 26.3 Å². The van der Waals surface area contributed by atoms with Crippen molar-refractivity contribution < 1.29 is 9.53 Å². The number of carbonyl (C=O) groups excluding carboxylic acids is 1. The van der Waals surface area contributed by atoms with Gasteiger partial charge in [-0.3, -0.25) is 4.79 Å². The van der Waals surface area contributed by atoms with Gasteiger partial charge in [-0.25, -0.2) is 0 Å². The Morgan fingerprint density at radius 2 is 1.92 bits per heavy atom. The third-order valence-electron chi connectivity index (χ3n) is 5.00. The monoisotopic (exact) mass is 350 g/mol. The normalized spacial score (nSPS) is 17.9. The Morgan fingerprint density at radius 1 is 1.19 bits per heavy atom. The second-order valence-corrected chi connectivity index (χ2v) is 7.68. The van der Waals surface area contributed by atoms with Crippen molar-refractivity contribution in [2.45, 2.75) is 53.6 Å². The van der Waals surface area contributed by atoms with Gasteiger partial charge < -0.3 is 4.74 Å². The van der Waals surface area contributed by atoms with E-state index in [0.717, 1.165) is 11.1 Å². The minimum atomic E-state index is 0.282. The summed E-state index contributed by atoms with van der Waals surface area (Å²) in [4.78, 5) is 10.2. The molecule has 26 heavy (non-hydrogen) atoms. The molecule has 0 radical (unpaired) electrons. The molecule has 0 aromatic heterocycles. The molecular formula is C24H30O2. The van der Waals surface area contributed by atoms with E-state index in [1.807, 2.05) is 24.3 Å². The highest BCUT2D eigenvalue weighted by Crippen LogP contribution is 2.40. The zero-order valence-corrected chi connectivity index (χ0v) is 16.4. The fraction of sp³-hybridized carbons (Fsp3) is 0.375. The average Bonchev–Trinajstić information content (AvgIpc) is 2.60. The molecule has 0 heterocycles. The van der Waals surface area contributed by atoms with E-state index in [1.54, 1.807) is 0 Å². The van der Waals surface area contributed by atoms with Gasteiger partial charge in [0.05, 0.1) is 0 Å². The SMILES string of the molecule is CC1=C(/C=C/C(C)=C/C=C/c2ccc(COC=O)cc2)C(C)(C)CCC1. The Balaban J connectivity index is 1.99. The molecular weight excluding hydrogens is 320 g/mol. The largest absolute Gasteiger partial charge is 0.463 e. The van der Waals surface area contributed by atoms with E-state index < -0.39 is 0 Å².